The number of fused-ring (bicyclic) bond motifs is 4. The number of morpholine rings is 1. The van der Waals surface area contributed by atoms with Gasteiger partial charge in [0.2, 0.25) is 5.95 Å². The van der Waals surface area contributed by atoms with Crippen molar-refractivity contribution in [3.63, 3.8) is 0 Å². The Morgan fingerprint density at radius 3 is 2.74 bits per heavy atom. The third kappa shape index (κ3) is 5.31. The molecule has 3 aromatic heterocycles. The van der Waals surface area contributed by atoms with Gasteiger partial charge in [-0.3, -0.25) is 15.0 Å². The van der Waals surface area contributed by atoms with Gasteiger partial charge < -0.3 is 40.3 Å². The molecule has 5 heterocycles. The minimum absolute atomic E-state index is 0.211. The van der Waals surface area contributed by atoms with Crippen molar-refractivity contribution in [2.75, 3.05) is 56.2 Å². The molecule has 0 radical (unpaired) electrons. The molecule has 0 spiro atoms. The van der Waals surface area contributed by atoms with Crippen LogP contribution in [0.1, 0.15) is 12.0 Å². The third-order valence-corrected chi connectivity index (χ3v) is 9.88. The number of aliphatic imine (C=N–C) groups is 1. The van der Waals surface area contributed by atoms with E-state index in [1.165, 1.54) is 0 Å². The summed E-state index contributed by atoms with van der Waals surface area (Å²) in [4.78, 5) is 28.3. The third-order valence-electron chi connectivity index (χ3n) is 8.35. The Morgan fingerprint density at radius 2 is 2.02 bits per heavy atom. The van der Waals surface area contributed by atoms with Crippen LogP contribution in [-0.4, -0.2) is 83.9 Å². The number of ether oxygens (including phenoxy) is 2. The predicted molar refractivity (Wildman–Crippen MR) is 184 cm³/mol. The van der Waals surface area contributed by atoms with E-state index >= 15 is 0 Å². The molecule has 2 fully saturated rings. The van der Waals surface area contributed by atoms with Crippen LogP contribution in [0.5, 0.6) is 5.75 Å². The van der Waals surface area contributed by atoms with Gasteiger partial charge in [0.1, 0.15) is 29.9 Å². The highest BCUT2D eigenvalue weighted by Crippen LogP contribution is 2.43. The van der Waals surface area contributed by atoms with Crippen molar-refractivity contribution in [1.29, 1.82) is 0 Å². The molecule has 2 aliphatic rings. The molecular weight excluding hydrogens is 603 g/mol. The maximum Gasteiger partial charge on any atom is 0.231 e. The second-order valence-electron chi connectivity index (χ2n) is 11.7. The Balaban J connectivity index is 1.31. The molecule has 2 saturated heterocycles. The van der Waals surface area contributed by atoms with E-state index in [9.17, 15) is 4.57 Å². The van der Waals surface area contributed by atoms with Crippen LogP contribution in [0, 0.1) is 0 Å². The first-order chi connectivity index (χ1) is 22.3. The minimum atomic E-state index is -2.79. The van der Waals surface area contributed by atoms with E-state index in [1.807, 2.05) is 30.3 Å². The van der Waals surface area contributed by atoms with Gasteiger partial charge in [-0.15, -0.1) is 0 Å². The van der Waals surface area contributed by atoms with Gasteiger partial charge in [-0.05, 0) is 44.0 Å². The summed E-state index contributed by atoms with van der Waals surface area (Å²) >= 11 is 0. The molecule has 7 rings (SSSR count). The van der Waals surface area contributed by atoms with Crippen molar-refractivity contribution in [3.05, 3.63) is 60.7 Å². The Labute approximate surface area is 265 Å². The van der Waals surface area contributed by atoms with Gasteiger partial charge in [0, 0.05) is 67.5 Å². The molecule has 13 nitrogen and oxygen atoms in total. The van der Waals surface area contributed by atoms with E-state index in [-0.39, 0.29) is 12.1 Å². The quantitative estimate of drug-likeness (QED) is 0.131. The van der Waals surface area contributed by atoms with E-state index in [0.717, 1.165) is 35.2 Å². The molecule has 46 heavy (non-hydrogen) atoms. The molecule has 5 N–H and O–H groups in total. The number of nitrogens with two attached hydrogens (primary N) is 1. The SMILES string of the molecule is CN=CC(=CN)c1cc(Nc2nc(Nc3ccc4nccnc4c3P(C)(C)=O)c3cc[nH]c3n2)c(OC)cc1N1C[C@H]2C[C@@H]1CO2. The van der Waals surface area contributed by atoms with Crippen molar-refractivity contribution in [2.24, 2.45) is 10.7 Å². The fourth-order valence-corrected chi connectivity index (χ4v) is 7.74. The molecule has 0 unspecified atom stereocenters. The molecule has 0 saturated carbocycles. The number of hydrogen-bond acceptors (Lipinski definition) is 12. The van der Waals surface area contributed by atoms with Gasteiger partial charge in [0.25, 0.3) is 0 Å². The molecule has 2 aromatic carbocycles. The summed E-state index contributed by atoms with van der Waals surface area (Å²) in [7, 11) is 0.563. The highest BCUT2D eigenvalue weighted by atomic mass is 31.2. The zero-order chi connectivity index (χ0) is 32.0. The van der Waals surface area contributed by atoms with Gasteiger partial charge in [0.15, 0.2) is 0 Å². The van der Waals surface area contributed by atoms with E-state index in [1.54, 1.807) is 58.5 Å². The Hall–Kier alpha value is -5.00. The van der Waals surface area contributed by atoms with E-state index in [0.29, 0.717) is 57.5 Å². The fourth-order valence-electron chi connectivity index (χ4n) is 6.35. The number of aromatic amines is 1. The lowest BCUT2D eigenvalue weighted by Gasteiger charge is -2.31. The van der Waals surface area contributed by atoms with Crippen LogP contribution < -0.4 is 31.3 Å². The van der Waals surface area contributed by atoms with Gasteiger partial charge in [0.05, 0.1) is 53.4 Å². The number of hydrogen-bond donors (Lipinski definition) is 4. The molecule has 2 bridgehead atoms. The zero-order valence-electron chi connectivity index (χ0n) is 26.0. The van der Waals surface area contributed by atoms with Crippen LogP contribution in [0.25, 0.3) is 27.6 Å². The lowest BCUT2D eigenvalue weighted by molar-refractivity contribution is 0.0991. The molecule has 2 aliphatic heterocycles. The smallest absolute Gasteiger partial charge is 0.231 e. The Bertz CT molecular complexity index is 2070. The highest BCUT2D eigenvalue weighted by molar-refractivity contribution is 7.71. The lowest BCUT2D eigenvalue weighted by Crippen LogP contribution is -2.37. The highest BCUT2D eigenvalue weighted by Gasteiger charge is 2.40. The largest absolute Gasteiger partial charge is 0.494 e. The normalized spacial score (nSPS) is 18.3. The lowest BCUT2D eigenvalue weighted by atomic mass is 10.0. The number of anilines is 5. The summed E-state index contributed by atoms with van der Waals surface area (Å²) in [5, 5.41) is 8.18. The fraction of sp³-hybridized carbons (Fsp3) is 0.281. The van der Waals surface area contributed by atoms with Crippen LogP contribution in [0.4, 0.5) is 28.8 Å². The van der Waals surface area contributed by atoms with Crippen molar-refractivity contribution < 1.29 is 14.0 Å². The van der Waals surface area contributed by atoms with Gasteiger partial charge in [-0.1, -0.05) is 0 Å². The number of methoxy groups -OCH3 is 1. The van der Waals surface area contributed by atoms with Crippen molar-refractivity contribution in [1.82, 2.24) is 24.9 Å². The molecule has 14 heteroatoms. The monoisotopic (exact) mass is 638 g/mol. The molecule has 0 amide bonds. The summed E-state index contributed by atoms with van der Waals surface area (Å²) in [5.41, 5.74) is 11.9. The molecule has 0 aliphatic carbocycles. The summed E-state index contributed by atoms with van der Waals surface area (Å²) in [6.07, 6.45) is 9.53. The maximum absolute atomic E-state index is 13.6. The first-order valence-corrected chi connectivity index (χ1v) is 17.5. The van der Waals surface area contributed by atoms with Gasteiger partial charge >= 0.3 is 0 Å². The van der Waals surface area contributed by atoms with Crippen molar-refractivity contribution in [2.45, 2.75) is 18.6 Å². The average molecular weight is 639 g/mol. The first kappa shape index (κ1) is 29.7. The van der Waals surface area contributed by atoms with Crippen LogP contribution in [0.2, 0.25) is 0 Å². The summed E-state index contributed by atoms with van der Waals surface area (Å²) in [6.45, 7) is 4.93. The topological polar surface area (TPSA) is 169 Å². The number of benzene rings is 2. The number of aromatic nitrogens is 5. The van der Waals surface area contributed by atoms with Crippen molar-refractivity contribution >= 4 is 75.1 Å². The van der Waals surface area contributed by atoms with Crippen LogP contribution in [-0.2, 0) is 9.30 Å². The Kier molecular flexibility index (Phi) is 7.58. The predicted octanol–water partition coefficient (Wildman–Crippen LogP) is 4.62. The van der Waals surface area contributed by atoms with Crippen LogP contribution in [0.15, 0.2) is 60.1 Å². The van der Waals surface area contributed by atoms with E-state index in [2.05, 4.69) is 35.5 Å². The van der Waals surface area contributed by atoms with E-state index < -0.39 is 7.14 Å². The van der Waals surface area contributed by atoms with Crippen molar-refractivity contribution in [3.8, 4) is 5.75 Å². The first-order valence-electron chi connectivity index (χ1n) is 14.9. The number of rotatable bonds is 9. The molecule has 5 aromatic rings. The summed E-state index contributed by atoms with van der Waals surface area (Å²) in [6, 6.07) is 9.89. The number of H-pyrrole nitrogens is 1. The molecule has 236 valence electrons. The summed E-state index contributed by atoms with van der Waals surface area (Å²) in [5.74, 6) is 1.46. The number of nitrogens with zero attached hydrogens (tertiary/aromatic N) is 6. The number of nitrogens with one attached hydrogen (secondary N) is 3. The van der Waals surface area contributed by atoms with Gasteiger partial charge in [-0.2, -0.15) is 9.97 Å². The summed E-state index contributed by atoms with van der Waals surface area (Å²) < 4.78 is 25.3. The second kappa shape index (κ2) is 11.7. The standard InChI is InChI=1S/C32H35N10O3P/c1-34-15-18(14-33)22-12-25(27(44-2)13-26(22)42-16-20-11-19(42)17-45-20)39-32-40-30-21(7-8-37-30)31(41-32)38-24-6-5-23-28(36-10-9-35-23)29(24)46(3,4)43/h5-10,12-15,19-20H,11,16-17,33H2,1-4H3,(H3,37,38,39,40,41)/t19-,20-/m1/s1. The Morgan fingerprint density at radius 1 is 1.17 bits per heavy atom. The average Bonchev–Trinajstić information content (AvgIpc) is 3.81. The van der Waals surface area contributed by atoms with Crippen LogP contribution >= 0.6 is 7.14 Å². The minimum Gasteiger partial charge on any atom is -0.494 e. The molecule has 2 atom stereocenters. The van der Waals surface area contributed by atoms with Gasteiger partial charge in [-0.25, -0.2) is 0 Å². The maximum atomic E-state index is 13.6. The molecular formula is C32H35N10O3P. The number of allylic oxidation sites excluding steroid dienone is 1. The zero-order valence-corrected chi connectivity index (χ0v) is 26.9. The second-order valence-corrected chi connectivity index (χ2v) is 14.8. The van der Waals surface area contributed by atoms with E-state index in [4.69, 9.17) is 25.2 Å². The van der Waals surface area contributed by atoms with Crippen LogP contribution in [0.3, 0.4) is 0 Å².